The fourth-order valence-electron chi connectivity index (χ4n) is 6.87. The standard InChI is InChI=1S/C34H39ClN2O4/c1-33(2,3)28-19-34(28,32(40)41)18-23-7-6-10-27(17-23)36-31(39)30(24-8-4-5-9-24)25-13-11-22(12-14-25)20-37-21-26(35)15-16-29(37)38/h6-7,10-17,21,24,28,30H,4-5,8-9,18-20H2,1-3H3,(H,36,39)(H,40,41)/t28?,30-,34?/m0/s1. The van der Waals surface area contributed by atoms with Gasteiger partial charge in [0.25, 0.3) is 5.56 Å². The molecule has 0 spiro atoms. The lowest BCUT2D eigenvalue weighted by Crippen LogP contribution is -2.27. The number of hydrogen-bond donors (Lipinski definition) is 2. The van der Waals surface area contributed by atoms with Crippen molar-refractivity contribution < 1.29 is 14.7 Å². The lowest BCUT2D eigenvalue weighted by molar-refractivity contribution is -0.144. The monoisotopic (exact) mass is 574 g/mol. The Bertz CT molecular complexity index is 1480. The molecular weight excluding hydrogens is 536 g/mol. The van der Waals surface area contributed by atoms with Crippen LogP contribution in [0.15, 0.2) is 71.7 Å². The Morgan fingerprint density at radius 3 is 2.39 bits per heavy atom. The molecule has 2 aromatic carbocycles. The lowest BCUT2D eigenvalue weighted by Gasteiger charge is -2.24. The van der Waals surface area contributed by atoms with Gasteiger partial charge in [0.05, 0.1) is 22.9 Å². The molecule has 2 aliphatic rings. The molecule has 7 heteroatoms. The zero-order valence-electron chi connectivity index (χ0n) is 24.0. The molecule has 41 heavy (non-hydrogen) atoms. The summed E-state index contributed by atoms with van der Waals surface area (Å²) in [7, 11) is 0. The fourth-order valence-corrected chi connectivity index (χ4v) is 7.05. The molecule has 2 unspecified atom stereocenters. The van der Waals surface area contributed by atoms with Crippen LogP contribution in [0.1, 0.15) is 75.5 Å². The molecule has 1 heterocycles. The van der Waals surface area contributed by atoms with E-state index in [0.717, 1.165) is 42.4 Å². The molecule has 5 rings (SSSR count). The van der Waals surface area contributed by atoms with Gasteiger partial charge in [0.1, 0.15) is 0 Å². The Hall–Kier alpha value is -3.38. The van der Waals surface area contributed by atoms with Crippen molar-refractivity contribution in [3.63, 3.8) is 0 Å². The number of rotatable bonds is 9. The van der Waals surface area contributed by atoms with Crippen molar-refractivity contribution in [3.8, 4) is 0 Å². The highest BCUT2D eigenvalue weighted by Crippen LogP contribution is 2.62. The summed E-state index contributed by atoms with van der Waals surface area (Å²) < 4.78 is 1.57. The first kappa shape index (κ1) is 29.1. The van der Waals surface area contributed by atoms with Gasteiger partial charge in [-0.15, -0.1) is 0 Å². The van der Waals surface area contributed by atoms with Crippen LogP contribution < -0.4 is 10.9 Å². The van der Waals surface area contributed by atoms with Crippen molar-refractivity contribution in [3.05, 3.63) is 98.9 Å². The third-order valence-electron chi connectivity index (χ3n) is 9.05. The van der Waals surface area contributed by atoms with Gasteiger partial charge in [0.15, 0.2) is 0 Å². The second-order valence-electron chi connectivity index (χ2n) is 13.0. The number of anilines is 1. The van der Waals surface area contributed by atoms with E-state index in [-0.39, 0.29) is 34.6 Å². The SMILES string of the molecule is CC(C)(C)C1CC1(Cc1cccc(NC(=O)[C@H](c2ccc(Cn3cc(Cl)ccc3=O)cc2)C2CCCC2)c1)C(=O)O. The number of amides is 1. The average Bonchev–Trinajstić information content (AvgIpc) is 3.43. The molecule has 0 aliphatic heterocycles. The summed E-state index contributed by atoms with van der Waals surface area (Å²) in [5, 5.41) is 13.7. The molecular formula is C34H39ClN2O4. The number of carboxylic acid groups (broad SMARTS) is 1. The number of benzene rings is 2. The summed E-state index contributed by atoms with van der Waals surface area (Å²) in [5.41, 5.74) is 2.61. The van der Waals surface area contributed by atoms with E-state index in [1.54, 1.807) is 16.8 Å². The largest absolute Gasteiger partial charge is 0.481 e. The average molecular weight is 575 g/mol. The highest BCUT2D eigenvalue weighted by molar-refractivity contribution is 6.30. The number of carbonyl (C=O) groups excluding carboxylic acids is 1. The number of nitrogens with one attached hydrogen (secondary N) is 1. The quantitative estimate of drug-likeness (QED) is 0.284. The van der Waals surface area contributed by atoms with Crippen molar-refractivity contribution >= 4 is 29.2 Å². The van der Waals surface area contributed by atoms with Crippen LogP contribution >= 0.6 is 11.6 Å². The maximum Gasteiger partial charge on any atom is 0.310 e. The van der Waals surface area contributed by atoms with E-state index in [2.05, 4.69) is 26.1 Å². The van der Waals surface area contributed by atoms with Crippen LogP contribution in [0.5, 0.6) is 0 Å². The third-order valence-corrected chi connectivity index (χ3v) is 9.28. The summed E-state index contributed by atoms with van der Waals surface area (Å²) in [6.45, 7) is 6.71. The highest BCUT2D eigenvalue weighted by atomic mass is 35.5. The normalized spacial score (nSPS) is 21.4. The van der Waals surface area contributed by atoms with Crippen LogP contribution in [-0.4, -0.2) is 21.6 Å². The summed E-state index contributed by atoms with van der Waals surface area (Å²) in [6.07, 6.45) is 7.01. The fraction of sp³-hybridized carbons (Fsp3) is 0.441. The molecule has 0 bridgehead atoms. The molecule has 1 amide bonds. The Kier molecular flexibility index (Phi) is 8.15. The van der Waals surface area contributed by atoms with E-state index >= 15 is 0 Å². The predicted octanol–water partition coefficient (Wildman–Crippen LogP) is 7.14. The molecule has 2 fully saturated rings. The summed E-state index contributed by atoms with van der Waals surface area (Å²) in [4.78, 5) is 38.3. The van der Waals surface area contributed by atoms with Crippen LogP contribution in [0.2, 0.25) is 5.02 Å². The van der Waals surface area contributed by atoms with Gasteiger partial charge in [-0.1, -0.05) is 81.6 Å². The first-order chi connectivity index (χ1) is 19.5. The lowest BCUT2D eigenvalue weighted by atomic mass is 9.82. The maximum absolute atomic E-state index is 13.8. The third kappa shape index (κ3) is 6.43. The van der Waals surface area contributed by atoms with E-state index in [0.29, 0.717) is 30.1 Å². The van der Waals surface area contributed by atoms with Crippen molar-refractivity contribution in [1.82, 2.24) is 4.57 Å². The van der Waals surface area contributed by atoms with Gasteiger partial charge >= 0.3 is 5.97 Å². The molecule has 2 saturated carbocycles. The highest BCUT2D eigenvalue weighted by Gasteiger charge is 2.63. The zero-order chi connectivity index (χ0) is 29.4. The van der Waals surface area contributed by atoms with Crippen molar-refractivity contribution in [2.24, 2.45) is 22.7 Å². The molecule has 2 aliphatic carbocycles. The van der Waals surface area contributed by atoms with Gasteiger partial charge in [-0.05, 0) is 77.8 Å². The van der Waals surface area contributed by atoms with Gasteiger partial charge in [0.2, 0.25) is 5.91 Å². The molecule has 1 aromatic heterocycles. The van der Waals surface area contributed by atoms with Gasteiger partial charge in [-0.3, -0.25) is 14.4 Å². The van der Waals surface area contributed by atoms with Gasteiger partial charge in [0, 0.05) is 18.0 Å². The molecule has 0 radical (unpaired) electrons. The van der Waals surface area contributed by atoms with E-state index < -0.39 is 11.4 Å². The first-order valence-corrected chi connectivity index (χ1v) is 14.9. The Labute approximate surface area is 246 Å². The zero-order valence-corrected chi connectivity index (χ0v) is 24.8. The number of hydrogen-bond acceptors (Lipinski definition) is 3. The Balaban J connectivity index is 1.33. The first-order valence-electron chi connectivity index (χ1n) is 14.5. The predicted molar refractivity (Wildman–Crippen MR) is 162 cm³/mol. The molecule has 3 aromatic rings. The Morgan fingerprint density at radius 2 is 1.76 bits per heavy atom. The van der Waals surface area contributed by atoms with E-state index in [4.69, 9.17) is 11.6 Å². The van der Waals surface area contributed by atoms with Gasteiger partial charge in [-0.2, -0.15) is 0 Å². The van der Waals surface area contributed by atoms with Crippen molar-refractivity contribution in [2.75, 3.05) is 5.32 Å². The minimum Gasteiger partial charge on any atom is -0.481 e. The number of halogens is 1. The van der Waals surface area contributed by atoms with Crippen molar-refractivity contribution in [2.45, 2.75) is 71.8 Å². The number of carbonyl (C=O) groups is 2. The van der Waals surface area contributed by atoms with E-state index in [1.165, 1.54) is 6.07 Å². The van der Waals surface area contributed by atoms with Crippen LogP contribution in [0.3, 0.4) is 0 Å². The van der Waals surface area contributed by atoms with E-state index in [1.807, 2.05) is 48.5 Å². The minimum atomic E-state index is -0.745. The summed E-state index contributed by atoms with van der Waals surface area (Å²) in [6, 6.07) is 18.7. The second-order valence-corrected chi connectivity index (χ2v) is 13.5. The minimum absolute atomic E-state index is 0.0419. The number of aromatic nitrogens is 1. The van der Waals surface area contributed by atoms with Crippen molar-refractivity contribution in [1.29, 1.82) is 0 Å². The summed E-state index contributed by atoms with van der Waals surface area (Å²) in [5.74, 6) is -0.688. The maximum atomic E-state index is 13.8. The van der Waals surface area contributed by atoms with Gasteiger partial charge < -0.3 is 15.0 Å². The number of pyridine rings is 1. The van der Waals surface area contributed by atoms with Crippen LogP contribution in [0.25, 0.3) is 0 Å². The van der Waals surface area contributed by atoms with Crippen LogP contribution in [-0.2, 0) is 22.6 Å². The number of nitrogens with zero attached hydrogens (tertiary/aromatic N) is 1. The van der Waals surface area contributed by atoms with E-state index in [9.17, 15) is 19.5 Å². The molecule has 0 saturated heterocycles. The molecule has 6 nitrogen and oxygen atoms in total. The molecule has 2 N–H and O–H groups in total. The number of carboxylic acids is 1. The second kappa shape index (κ2) is 11.5. The van der Waals surface area contributed by atoms with Crippen LogP contribution in [0, 0.1) is 22.7 Å². The van der Waals surface area contributed by atoms with Crippen LogP contribution in [0.4, 0.5) is 5.69 Å². The topological polar surface area (TPSA) is 88.4 Å². The van der Waals surface area contributed by atoms with Gasteiger partial charge in [-0.25, -0.2) is 0 Å². The Morgan fingerprint density at radius 1 is 1.05 bits per heavy atom. The smallest absolute Gasteiger partial charge is 0.310 e. The number of aliphatic carboxylic acids is 1. The molecule has 3 atom stereocenters. The summed E-state index contributed by atoms with van der Waals surface area (Å²) >= 11 is 6.08. The molecule has 216 valence electrons.